The lowest BCUT2D eigenvalue weighted by Crippen LogP contribution is -2.32. The summed E-state index contributed by atoms with van der Waals surface area (Å²) in [4.78, 5) is 0. The van der Waals surface area contributed by atoms with Gasteiger partial charge >= 0.3 is 0 Å². The summed E-state index contributed by atoms with van der Waals surface area (Å²) in [6.07, 6.45) is 3.49. The smallest absolute Gasteiger partial charge is 0.143 e. The van der Waals surface area contributed by atoms with Gasteiger partial charge in [-0.15, -0.1) is 5.10 Å². The molecule has 0 saturated carbocycles. The molecule has 1 aromatic carbocycles. The molecule has 0 atom stereocenters. The van der Waals surface area contributed by atoms with Gasteiger partial charge in [0.2, 0.25) is 0 Å². The Kier molecular flexibility index (Phi) is 4.90. The maximum Gasteiger partial charge on any atom is 0.143 e. The summed E-state index contributed by atoms with van der Waals surface area (Å²) >= 11 is 0. The number of tetrazole rings is 1. The molecule has 0 unspecified atom stereocenters. The van der Waals surface area contributed by atoms with E-state index in [4.69, 9.17) is 0 Å². The summed E-state index contributed by atoms with van der Waals surface area (Å²) < 4.78 is 1.65. The van der Waals surface area contributed by atoms with Crippen molar-refractivity contribution in [3.8, 4) is 5.69 Å². The highest BCUT2D eigenvalue weighted by atomic mass is 16.3. The third-order valence-electron chi connectivity index (χ3n) is 4.30. The van der Waals surface area contributed by atoms with Crippen LogP contribution in [-0.2, 0) is 0 Å². The lowest BCUT2D eigenvalue weighted by molar-refractivity contribution is 0.127. The second-order valence-electron chi connectivity index (χ2n) is 5.47. The lowest BCUT2D eigenvalue weighted by atomic mass is 9.83. The number of benzene rings is 1. The number of aliphatic hydroxyl groups excluding tert-OH is 1. The van der Waals surface area contributed by atoms with E-state index in [9.17, 15) is 5.11 Å². The van der Waals surface area contributed by atoms with E-state index in [1.54, 1.807) is 11.0 Å². The van der Waals surface area contributed by atoms with Crippen molar-refractivity contribution < 1.29 is 5.11 Å². The highest BCUT2D eigenvalue weighted by molar-refractivity contribution is 5.53. The number of hydrogen-bond donors (Lipinski definition) is 2. The Bertz CT molecular complexity index is 555. The Labute approximate surface area is 125 Å². The molecular formula is C15H23N5O. The molecule has 0 spiro atoms. The Balaban J connectivity index is 2.11. The number of aromatic nitrogens is 4. The van der Waals surface area contributed by atoms with Crippen LogP contribution in [0.5, 0.6) is 0 Å². The molecule has 6 nitrogen and oxygen atoms in total. The fourth-order valence-electron chi connectivity index (χ4n) is 2.36. The quantitative estimate of drug-likeness (QED) is 0.817. The highest BCUT2D eigenvalue weighted by Gasteiger charge is 2.24. The molecule has 21 heavy (non-hydrogen) atoms. The standard InChI is InChI=1S/C15H23N5O/c1-4-15(5-2,10-21)9-16-13-6-7-14(12(3)8-13)20-11-17-18-19-20/h6-8,11,16,21H,4-5,9-10H2,1-3H3. The molecule has 114 valence electrons. The fourth-order valence-corrected chi connectivity index (χ4v) is 2.36. The van der Waals surface area contributed by atoms with Crippen LogP contribution in [0.3, 0.4) is 0 Å². The van der Waals surface area contributed by atoms with E-state index >= 15 is 0 Å². The van der Waals surface area contributed by atoms with Crippen LogP contribution in [-0.4, -0.2) is 38.5 Å². The first kappa shape index (κ1) is 15.4. The van der Waals surface area contributed by atoms with E-state index in [0.29, 0.717) is 0 Å². The predicted molar refractivity (Wildman–Crippen MR) is 82.5 cm³/mol. The largest absolute Gasteiger partial charge is 0.396 e. The summed E-state index contributed by atoms with van der Waals surface area (Å²) in [6, 6.07) is 6.08. The van der Waals surface area contributed by atoms with E-state index in [2.05, 4.69) is 40.8 Å². The number of nitrogens with zero attached hydrogens (tertiary/aromatic N) is 4. The van der Waals surface area contributed by atoms with Gasteiger partial charge in [0.25, 0.3) is 0 Å². The minimum absolute atomic E-state index is 0.0532. The average Bonchev–Trinajstić information content (AvgIpc) is 3.03. The molecule has 2 aromatic rings. The first-order chi connectivity index (χ1) is 10.1. The van der Waals surface area contributed by atoms with E-state index in [0.717, 1.165) is 36.3 Å². The lowest BCUT2D eigenvalue weighted by Gasteiger charge is -2.30. The minimum atomic E-state index is -0.0532. The van der Waals surface area contributed by atoms with Crippen LogP contribution in [0.25, 0.3) is 5.69 Å². The molecule has 0 saturated heterocycles. The average molecular weight is 289 g/mol. The van der Waals surface area contributed by atoms with Crippen molar-refractivity contribution in [2.24, 2.45) is 5.41 Å². The number of rotatable bonds is 7. The van der Waals surface area contributed by atoms with Crippen LogP contribution in [0, 0.1) is 12.3 Å². The van der Waals surface area contributed by atoms with Crippen LogP contribution in [0.1, 0.15) is 32.3 Å². The molecule has 1 aromatic heterocycles. The highest BCUT2D eigenvalue weighted by Crippen LogP contribution is 2.27. The summed E-state index contributed by atoms with van der Waals surface area (Å²) in [6.45, 7) is 7.23. The van der Waals surface area contributed by atoms with Gasteiger partial charge < -0.3 is 10.4 Å². The maximum atomic E-state index is 9.61. The second kappa shape index (κ2) is 6.67. The first-order valence-corrected chi connectivity index (χ1v) is 7.33. The fraction of sp³-hybridized carbons (Fsp3) is 0.533. The number of aryl methyl sites for hydroxylation is 1. The molecule has 0 bridgehead atoms. The zero-order valence-electron chi connectivity index (χ0n) is 12.9. The van der Waals surface area contributed by atoms with Gasteiger partial charge in [-0.05, 0) is 54.0 Å². The van der Waals surface area contributed by atoms with Gasteiger partial charge in [-0.1, -0.05) is 13.8 Å². The molecule has 0 fully saturated rings. The molecule has 0 aliphatic heterocycles. The van der Waals surface area contributed by atoms with Crippen LogP contribution < -0.4 is 5.32 Å². The molecule has 2 N–H and O–H groups in total. The number of hydrogen-bond acceptors (Lipinski definition) is 5. The van der Waals surface area contributed by atoms with Crippen molar-refractivity contribution in [1.29, 1.82) is 0 Å². The Hall–Kier alpha value is -1.95. The van der Waals surface area contributed by atoms with Crippen LogP contribution in [0.2, 0.25) is 0 Å². The van der Waals surface area contributed by atoms with E-state index in [-0.39, 0.29) is 12.0 Å². The summed E-state index contributed by atoms with van der Waals surface area (Å²) in [5.74, 6) is 0. The SMILES string of the molecule is CCC(CC)(CO)CNc1ccc(-n2cnnn2)c(C)c1. The van der Waals surface area contributed by atoms with E-state index in [1.165, 1.54) is 0 Å². The van der Waals surface area contributed by atoms with Crippen molar-refractivity contribution in [2.75, 3.05) is 18.5 Å². The topological polar surface area (TPSA) is 75.9 Å². The minimum Gasteiger partial charge on any atom is -0.396 e. The van der Waals surface area contributed by atoms with Crippen molar-refractivity contribution in [2.45, 2.75) is 33.6 Å². The van der Waals surface area contributed by atoms with Crippen molar-refractivity contribution in [1.82, 2.24) is 20.2 Å². The van der Waals surface area contributed by atoms with Gasteiger partial charge in [0, 0.05) is 17.6 Å². The summed E-state index contributed by atoms with van der Waals surface area (Å²) in [5.41, 5.74) is 3.05. The van der Waals surface area contributed by atoms with E-state index < -0.39 is 0 Å². The molecule has 0 amide bonds. The van der Waals surface area contributed by atoms with Gasteiger partial charge in [-0.3, -0.25) is 0 Å². The van der Waals surface area contributed by atoms with Gasteiger partial charge in [-0.25, -0.2) is 4.68 Å². The Morgan fingerprint density at radius 1 is 1.29 bits per heavy atom. The molecule has 0 aliphatic rings. The molecule has 1 heterocycles. The van der Waals surface area contributed by atoms with Gasteiger partial charge in [0.15, 0.2) is 0 Å². The van der Waals surface area contributed by atoms with E-state index in [1.807, 2.05) is 19.1 Å². The number of aliphatic hydroxyl groups is 1. The van der Waals surface area contributed by atoms with Crippen molar-refractivity contribution in [3.05, 3.63) is 30.1 Å². The zero-order valence-corrected chi connectivity index (χ0v) is 12.9. The summed E-state index contributed by atoms with van der Waals surface area (Å²) in [5, 5.41) is 24.3. The Morgan fingerprint density at radius 2 is 2.05 bits per heavy atom. The summed E-state index contributed by atoms with van der Waals surface area (Å²) in [7, 11) is 0. The monoisotopic (exact) mass is 289 g/mol. The molecule has 0 aliphatic carbocycles. The van der Waals surface area contributed by atoms with Gasteiger partial charge in [0.05, 0.1) is 12.3 Å². The Morgan fingerprint density at radius 3 is 2.57 bits per heavy atom. The van der Waals surface area contributed by atoms with Crippen LogP contribution >= 0.6 is 0 Å². The van der Waals surface area contributed by atoms with Crippen LogP contribution in [0.4, 0.5) is 5.69 Å². The van der Waals surface area contributed by atoms with Gasteiger partial charge in [-0.2, -0.15) is 0 Å². The van der Waals surface area contributed by atoms with Crippen molar-refractivity contribution in [3.63, 3.8) is 0 Å². The first-order valence-electron chi connectivity index (χ1n) is 7.33. The second-order valence-corrected chi connectivity index (χ2v) is 5.47. The number of anilines is 1. The van der Waals surface area contributed by atoms with Crippen molar-refractivity contribution >= 4 is 5.69 Å². The maximum absolute atomic E-state index is 9.61. The molecular weight excluding hydrogens is 266 g/mol. The molecule has 0 radical (unpaired) electrons. The molecule has 2 rings (SSSR count). The number of nitrogens with one attached hydrogen (secondary N) is 1. The normalized spacial score (nSPS) is 11.6. The molecule has 6 heteroatoms. The predicted octanol–water partition coefficient (Wildman–Crippen LogP) is 2.18. The van der Waals surface area contributed by atoms with Crippen LogP contribution in [0.15, 0.2) is 24.5 Å². The third kappa shape index (κ3) is 3.39. The van der Waals surface area contributed by atoms with Gasteiger partial charge in [0.1, 0.15) is 6.33 Å². The third-order valence-corrected chi connectivity index (χ3v) is 4.30. The zero-order chi connectivity index (χ0) is 15.3.